The number of amides is 1. The number of aryl methyl sites for hydroxylation is 1. The number of halogens is 4. The van der Waals surface area contributed by atoms with Crippen LogP contribution in [0.5, 0.6) is 5.75 Å². The van der Waals surface area contributed by atoms with Crippen LogP contribution in [-0.4, -0.2) is 27.3 Å². The second-order valence-electron chi connectivity index (χ2n) is 4.71. The van der Waals surface area contributed by atoms with Crippen molar-refractivity contribution in [2.75, 3.05) is 19.1 Å². The molecule has 22 heavy (non-hydrogen) atoms. The molecule has 1 aliphatic rings. The molecule has 9 heteroatoms. The molecular formula is C13H13BF4N2O2. The number of ether oxygens (including phenoxy) is 1. The number of carbonyl (C=O) groups excluding carboxylic acids is 1. The van der Waals surface area contributed by atoms with E-state index in [1.165, 1.54) is 0 Å². The first-order valence-electron chi connectivity index (χ1n) is 6.30. The monoisotopic (exact) mass is 316 g/mol. The largest absolute Gasteiger partial charge is 0.673 e. The van der Waals surface area contributed by atoms with Crippen LogP contribution < -0.4 is 14.2 Å². The van der Waals surface area contributed by atoms with Gasteiger partial charge in [0, 0.05) is 19.2 Å². The van der Waals surface area contributed by atoms with E-state index >= 15 is 0 Å². The first kappa shape index (κ1) is 16.1. The molecule has 0 saturated carbocycles. The Morgan fingerprint density at radius 2 is 1.77 bits per heavy atom. The molecule has 1 aromatic heterocycles. The van der Waals surface area contributed by atoms with Crippen LogP contribution in [0.2, 0.25) is 0 Å². The number of aromatic nitrogens is 1. The summed E-state index contributed by atoms with van der Waals surface area (Å²) in [6, 6.07) is 5.74. The van der Waals surface area contributed by atoms with Gasteiger partial charge in [0.2, 0.25) is 5.52 Å². The molecule has 1 amide bonds. The number of carbonyl (C=O) groups is 1. The molecule has 0 saturated heterocycles. The lowest BCUT2D eigenvalue weighted by Crippen LogP contribution is -2.28. The molecule has 2 heterocycles. The highest BCUT2D eigenvalue weighted by atomic mass is 19.5. The predicted octanol–water partition coefficient (Wildman–Crippen LogP) is 2.56. The molecule has 3 rings (SSSR count). The highest BCUT2D eigenvalue weighted by molar-refractivity contribution is 6.50. The molecule has 0 fully saturated rings. The molecule has 0 unspecified atom stereocenters. The maximum Gasteiger partial charge on any atom is 0.673 e. The number of nitrogens with zero attached hydrogens (tertiary/aromatic N) is 2. The van der Waals surface area contributed by atoms with Crippen molar-refractivity contribution in [1.29, 1.82) is 0 Å². The van der Waals surface area contributed by atoms with E-state index in [0.717, 1.165) is 27.9 Å². The van der Waals surface area contributed by atoms with Crippen LogP contribution in [0, 0.1) is 0 Å². The van der Waals surface area contributed by atoms with E-state index in [1.54, 1.807) is 19.1 Å². The lowest BCUT2D eigenvalue weighted by molar-refractivity contribution is -0.644. The molecule has 1 aliphatic heterocycles. The first-order chi connectivity index (χ1) is 10.1. The fourth-order valence-electron chi connectivity index (χ4n) is 2.43. The van der Waals surface area contributed by atoms with E-state index in [4.69, 9.17) is 4.74 Å². The summed E-state index contributed by atoms with van der Waals surface area (Å²) in [6.45, 7) is 0. The Balaban J connectivity index is 0.000000309. The minimum absolute atomic E-state index is 0.0232. The van der Waals surface area contributed by atoms with Crippen molar-refractivity contribution in [2.45, 2.75) is 0 Å². The molecule has 0 spiro atoms. The summed E-state index contributed by atoms with van der Waals surface area (Å²) in [7, 11) is -0.630. The molecule has 0 atom stereocenters. The first-order valence-corrected chi connectivity index (χ1v) is 6.30. The van der Waals surface area contributed by atoms with Gasteiger partial charge in [-0.1, -0.05) is 0 Å². The molecule has 0 radical (unpaired) electrons. The maximum absolute atomic E-state index is 12.1. The topological polar surface area (TPSA) is 33.4 Å². The molecular weight excluding hydrogens is 303 g/mol. The van der Waals surface area contributed by atoms with Crippen molar-refractivity contribution in [3.8, 4) is 5.75 Å². The molecule has 2 aromatic rings. The Morgan fingerprint density at radius 3 is 2.32 bits per heavy atom. The molecule has 4 nitrogen and oxygen atoms in total. The number of methoxy groups -OCH3 is 1. The van der Waals surface area contributed by atoms with Crippen LogP contribution in [0.3, 0.4) is 0 Å². The minimum atomic E-state index is -6.00. The van der Waals surface area contributed by atoms with E-state index in [2.05, 4.69) is 0 Å². The van der Waals surface area contributed by atoms with Crippen molar-refractivity contribution in [2.24, 2.45) is 7.05 Å². The second-order valence-corrected chi connectivity index (χ2v) is 4.71. The predicted molar refractivity (Wildman–Crippen MR) is 74.6 cm³/mol. The van der Waals surface area contributed by atoms with Gasteiger partial charge in [0.15, 0.2) is 6.20 Å². The van der Waals surface area contributed by atoms with Crippen molar-refractivity contribution >= 4 is 29.8 Å². The van der Waals surface area contributed by atoms with E-state index in [0.29, 0.717) is 0 Å². The summed E-state index contributed by atoms with van der Waals surface area (Å²) in [5, 5.41) is 0.974. The number of hydrogen-bond donors (Lipinski definition) is 0. The van der Waals surface area contributed by atoms with Gasteiger partial charge >= 0.3 is 7.25 Å². The molecule has 0 aliphatic carbocycles. The Bertz CT molecular complexity index is 743. The Kier molecular flexibility index (Phi) is 3.99. The van der Waals surface area contributed by atoms with Crippen LogP contribution in [0.15, 0.2) is 24.4 Å². The maximum atomic E-state index is 12.1. The quantitative estimate of drug-likeness (QED) is 0.460. The van der Waals surface area contributed by atoms with Gasteiger partial charge in [0.25, 0.3) is 5.91 Å². The van der Waals surface area contributed by atoms with Crippen LogP contribution in [0.4, 0.5) is 23.0 Å². The molecule has 0 N–H and O–H groups in total. The van der Waals surface area contributed by atoms with Gasteiger partial charge in [0.05, 0.1) is 18.1 Å². The number of pyridine rings is 1. The Morgan fingerprint density at radius 1 is 1.18 bits per heavy atom. The van der Waals surface area contributed by atoms with Gasteiger partial charge in [0.1, 0.15) is 18.5 Å². The third-order valence-corrected chi connectivity index (χ3v) is 3.32. The lowest BCUT2D eigenvalue weighted by atomic mass is 10.1. The van der Waals surface area contributed by atoms with E-state index in [9.17, 15) is 22.1 Å². The van der Waals surface area contributed by atoms with Gasteiger partial charge in [-0.15, -0.1) is 0 Å². The summed E-state index contributed by atoms with van der Waals surface area (Å²) in [6.07, 6.45) is 1.91. The fraction of sp³-hybridized carbons (Fsp3) is 0.231. The summed E-state index contributed by atoms with van der Waals surface area (Å²) >= 11 is 0. The molecule has 1 aromatic carbocycles. The van der Waals surface area contributed by atoms with Crippen molar-refractivity contribution in [3.63, 3.8) is 0 Å². The smallest absolute Gasteiger partial charge is 0.495 e. The van der Waals surface area contributed by atoms with Crippen LogP contribution in [0.1, 0.15) is 10.4 Å². The summed E-state index contributed by atoms with van der Waals surface area (Å²) < 4.78 is 46.3. The summed E-state index contributed by atoms with van der Waals surface area (Å²) in [5.74, 6) is 0.758. The van der Waals surface area contributed by atoms with Crippen molar-refractivity contribution in [3.05, 3.63) is 30.0 Å². The van der Waals surface area contributed by atoms with E-state index < -0.39 is 7.25 Å². The Hall–Kier alpha value is -2.32. The minimum Gasteiger partial charge on any atom is -0.495 e. The van der Waals surface area contributed by atoms with Gasteiger partial charge in [-0.05, 0) is 6.07 Å². The molecule has 118 valence electrons. The number of rotatable bonds is 1. The van der Waals surface area contributed by atoms with Gasteiger partial charge in [-0.25, -0.2) is 4.57 Å². The second kappa shape index (κ2) is 5.47. The Labute approximate surface area is 124 Å². The number of hydrogen-bond acceptors (Lipinski definition) is 2. The number of anilines is 1. The highest BCUT2D eigenvalue weighted by Gasteiger charge is 2.33. The SMILES string of the molecule is COc1ccc2c3c(cc[n+]2C)C(=O)N(C)c13.F[B-](F)(F)F. The van der Waals surface area contributed by atoms with Crippen LogP contribution >= 0.6 is 0 Å². The standard InChI is InChI=1S/C13H13N2O2.BF4/c1-14-7-6-8-11-9(14)4-5-10(17-3)12(11)15(2)13(8)16;2-1(3,4)5/h4-7H,1-3H3;/q+1;-1. The third kappa shape index (κ3) is 2.83. The van der Waals surface area contributed by atoms with Crippen LogP contribution in [-0.2, 0) is 7.05 Å². The number of benzene rings is 1. The fourth-order valence-corrected chi connectivity index (χ4v) is 2.43. The average Bonchev–Trinajstić information content (AvgIpc) is 2.67. The average molecular weight is 316 g/mol. The van der Waals surface area contributed by atoms with Gasteiger partial charge in [-0.3, -0.25) is 4.79 Å². The van der Waals surface area contributed by atoms with Gasteiger partial charge in [-0.2, -0.15) is 0 Å². The van der Waals surface area contributed by atoms with E-state index in [1.807, 2.05) is 36.0 Å². The third-order valence-electron chi connectivity index (χ3n) is 3.32. The molecule has 0 bridgehead atoms. The highest BCUT2D eigenvalue weighted by Crippen LogP contribution is 2.41. The summed E-state index contributed by atoms with van der Waals surface area (Å²) in [4.78, 5) is 13.8. The van der Waals surface area contributed by atoms with Crippen molar-refractivity contribution < 1.29 is 31.4 Å². The lowest BCUT2D eigenvalue weighted by Gasteiger charge is -2.13. The van der Waals surface area contributed by atoms with E-state index in [-0.39, 0.29) is 5.91 Å². The summed E-state index contributed by atoms with van der Waals surface area (Å²) in [5.41, 5.74) is 2.65. The zero-order valence-electron chi connectivity index (χ0n) is 12.1. The normalized spacial score (nSPS) is 13.2. The zero-order valence-corrected chi connectivity index (χ0v) is 12.1. The van der Waals surface area contributed by atoms with Crippen LogP contribution in [0.25, 0.3) is 10.9 Å². The van der Waals surface area contributed by atoms with Gasteiger partial charge < -0.3 is 26.9 Å². The van der Waals surface area contributed by atoms with Crippen molar-refractivity contribution in [1.82, 2.24) is 0 Å². The zero-order chi connectivity index (χ0) is 16.7.